The smallest absolute Gasteiger partial charge is 0.274 e. The first-order chi connectivity index (χ1) is 13.1. The highest BCUT2D eigenvalue weighted by molar-refractivity contribution is 5.92. The number of hydrogen-bond acceptors (Lipinski definition) is 5. The molecule has 0 radical (unpaired) electrons. The summed E-state index contributed by atoms with van der Waals surface area (Å²) in [4.78, 5) is 44.1. The van der Waals surface area contributed by atoms with Gasteiger partial charge in [0.15, 0.2) is 0 Å². The van der Waals surface area contributed by atoms with E-state index in [-0.39, 0.29) is 11.8 Å². The SMILES string of the molecule is Cc1nc2ccc(CC(=O)N3CCN(C(=O)c4cnccn4)CC3)cc2[nH]1. The summed E-state index contributed by atoms with van der Waals surface area (Å²) in [6, 6.07) is 5.84. The lowest BCUT2D eigenvalue weighted by molar-refractivity contribution is -0.131. The van der Waals surface area contributed by atoms with Crippen LogP contribution in [0.15, 0.2) is 36.8 Å². The molecule has 0 spiro atoms. The number of aromatic nitrogens is 4. The van der Waals surface area contributed by atoms with Gasteiger partial charge >= 0.3 is 0 Å². The van der Waals surface area contributed by atoms with Crippen molar-refractivity contribution >= 4 is 22.8 Å². The topological polar surface area (TPSA) is 95.1 Å². The molecule has 8 heteroatoms. The normalized spacial score (nSPS) is 14.6. The number of nitrogens with zero attached hydrogens (tertiary/aromatic N) is 5. The van der Waals surface area contributed by atoms with Gasteiger partial charge in [0, 0.05) is 38.6 Å². The van der Waals surface area contributed by atoms with Gasteiger partial charge in [-0.25, -0.2) is 9.97 Å². The third kappa shape index (κ3) is 3.64. The number of nitrogens with one attached hydrogen (secondary N) is 1. The van der Waals surface area contributed by atoms with Crippen molar-refractivity contribution in [1.82, 2.24) is 29.7 Å². The number of hydrogen-bond donors (Lipinski definition) is 1. The Hall–Kier alpha value is -3.29. The lowest BCUT2D eigenvalue weighted by Gasteiger charge is -2.34. The van der Waals surface area contributed by atoms with Crippen molar-refractivity contribution in [2.45, 2.75) is 13.3 Å². The van der Waals surface area contributed by atoms with Crippen LogP contribution in [-0.2, 0) is 11.2 Å². The zero-order valence-electron chi connectivity index (χ0n) is 15.1. The molecule has 0 atom stereocenters. The average Bonchev–Trinajstić information content (AvgIpc) is 3.07. The Morgan fingerprint density at radius 3 is 2.63 bits per heavy atom. The monoisotopic (exact) mass is 364 g/mol. The van der Waals surface area contributed by atoms with Crippen LogP contribution in [0.25, 0.3) is 11.0 Å². The number of H-pyrrole nitrogens is 1. The van der Waals surface area contributed by atoms with Crippen LogP contribution in [-0.4, -0.2) is 67.7 Å². The van der Waals surface area contributed by atoms with E-state index in [1.807, 2.05) is 30.0 Å². The van der Waals surface area contributed by atoms with Gasteiger partial charge < -0.3 is 14.8 Å². The van der Waals surface area contributed by atoms with Gasteiger partial charge in [-0.2, -0.15) is 0 Å². The average molecular weight is 364 g/mol. The number of imidazole rings is 1. The second kappa shape index (κ2) is 7.14. The van der Waals surface area contributed by atoms with Gasteiger partial charge in [-0.1, -0.05) is 6.07 Å². The van der Waals surface area contributed by atoms with Gasteiger partial charge in [0.05, 0.1) is 23.7 Å². The molecule has 0 aliphatic carbocycles. The van der Waals surface area contributed by atoms with Crippen molar-refractivity contribution in [1.29, 1.82) is 0 Å². The van der Waals surface area contributed by atoms with Gasteiger partial charge in [0.25, 0.3) is 5.91 Å². The fourth-order valence-corrected chi connectivity index (χ4v) is 3.31. The summed E-state index contributed by atoms with van der Waals surface area (Å²) in [5.74, 6) is 0.782. The standard InChI is InChI=1S/C19H20N6O2/c1-13-22-15-3-2-14(10-16(15)23-13)11-18(26)24-6-8-25(9-7-24)19(27)17-12-20-4-5-21-17/h2-5,10,12H,6-9,11H2,1H3,(H,22,23). The fraction of sp³-hybridized carbons (Fsp3) is 0.316. The summed E-state index contributed by atoms with van der Waals surface area (Å²) >= 11 is 0. The molecular formula is C19H20N6O2. The zero-order valence-corrected chi connectivity index (χ0v) is 15.1. The number of fused-ring (bicyclic) bond motifs is 1. The van der Waals surface area contributed by atoms with Crippen molar-refractivity contribution in [3.05, 3.63) is 53.9 Å². The number of benzene rings is 1. The second-order valence-corrected chi connectivity index (χ2v) is 6.61. The molecule has 0 bridgehead atoms. The summed E-state index contributed by atoms with van der Waals surface area (Å²) < 4.78 is 0. The van der Waals surface area contributed by atoms with Gasteiger partial charge in [-0.3, -0.25) is 14.6 Å². The van der Waals surface area contributed by atoms with E-state index >= 15 is 0 Å². The van der Waals surface area contributed by atoms with E-state index < -0.39 is 0 Å². The summed E-state index contributed by atoms with van der Waals surface area (Å²) in [5, 5.41) is 0. The summed E-state index contributed by atoms with van der Waals surface area (Å²) in [7, 11) is 0. The Balaban J connectivity index is 1.36. The molecule has 1 aromatic carbocycles. The molecule has 1 saturated heterocycles. The first-order valence-corrected chi connectivity index (χ1v) is 8.88. The summed E-state index contributed by atoms with van der Waals surface area (Å²) in [5.41, 5.74) is 3.13. The number of rotatable bonds is 3. The van der Waals surface area contributed by atoms with Gasteiger partial charge in [-0.05, 0) is 24.6 Å². The highest BCUT2D eigenvalue weighted by atomic mass is 16.2. The summed E-state index contributed by atoms with van der Waals surface area (Å²) in [6.07, 6.45) is 4.85. The van der Waals surface area contributed by atoms with E-state index in [1.54, 1.807) is 4.90 Å². The van der Waals surface area contributed by atoms with E-state index in [0.717, 1.165) is 22.4 Å². The van der Waals surface area contributed by atoms with E-state index in [0.29, 0.717) is 38.3 Å². The number of carbonyl (C=O) groups is 2. The lowest BCUT2D eigenvalue weighted by Crippen LogP contribution is -2.51. The largest absolute Gasteiger partial charge is 0.342 e. The number of aryl methyl sites for hydroxylation is 1. The summed E-state index contributed by atoms with van der Waals surface area (Å²) in [6.45, 7) is 3.96. The molecule has 3 aromatic rings. The van der Waals surface area contributed by atoms with Crippen molar-refractivity contribution < 1.29 is 9.59 Å². The van der Waals surface area contributed by atoms with E-state index in [9.17, 15) is 9.59 Å². The molecule has 1 aliphatic heterocycles. The minimum absolute atomic E-state index is 0.0668. The highest BCUT2D eigenvalue weighted by Crippen LogP contribution is 2.15. The van der Waals surface area contributed by atoms with Crippen molar-refractivity contribution in [2.24, 2.45) is 0 Å². The van der Waals surface area contributed by atoms with Crippen LogP contribution >= 0.6 is 0 Å². The Morgan fingerprint density at radius 2 is 1.89 bits per heavy atom. The van der Waals surface area contributed by atoms with Gasteiger partial charge in [-0.15, -0.1) is 0 Å². The predicted octanol–water partition coefficient (Wildman–Crippen LogP) is 1.19. The molecule has 138 valence electrons. The van der Waals surface area contributed by atoms with Crippen molar-refractivity contribution in [2.75, 3.05) is 26.2 Å². The molecule has 2 amide bonds. The van der Waals surface area contributed by atoms with E-state index in [2.05, 4.69) is 19.9 Å². The third-order valence-electron chi connectivity index (χ3n) is 4.72. The Kier molecular flexibility index (Phi) is 4.53. The molecule has 1 fully saturated rings. The van der Waals surface area contributed by atoms with Crippen LogP contribution in [0.5, 0.6) is 0 Å². The fourth-order valence-electron chi connectivity index (χ4n) is 3.31. The van der Waals surface area contributed by atoms with Crippen molar-refractivity contribution in [3.63, 3.8) is 0 Å². The quantitative estimate of drug-likeness (QED) is 0.753. The molecule has 0 unspecified atom stereocenters. The number of piperazine rings is 1. The Bertz CT molecular complexity index is 976. The minimum atomic E-state index is -0.143. The maximum absolute atomic E-state index is 12.6. The van der Waals surface area contributed by atoms with E-state index in [4.69, 9.17) is 0 Å². The van der Waals surface area contributed by atoms with Crippen LogP contribution in [0, 0.1) is 6.92 Å². The first kappa shape index (κ1) is 17.1. The minimum Gasteiger partial charge on any atom is -0.342 e. The molecular weight excluding hydrogens is 344 g/mol. The van der Waals surface area contributed by atoms with E-state index in [1.165, 1.54) is 18.6 Å². The predicted molar refractivity (Wildman–Crippen MR) is 99.1 cm³/mol. The molecule has 8 nitrogen and oxygen atoms in total. The number of aromatic amines is 1. The van der Waals surface area contributed by atoms with Crippen LogP contribution in [0.4, 0.5) is 0 Å². The Labute approximate surface area is 156 Å². The highest BCUT2D eigenvalue weighted by Gasteiger charge is 2.25. The Morgan fingerprint density at radius 1 is 1.11 bits per heavy atom. The maximum Gasteiger partial charge on any atom is 0.274 e. The number of amides is 2. The molecule has 4 rings (SSSR count). The van der Waals surface area contributed by atoms with Crippen LogP contribution in [0.1, 0.15) is 21.9 Å². The zero-order chi connectivity index (χ0) is 18.8. The second-order valence-electron chi connectivity index (χ2n) is 6.61. The van der Waals surface area contributed by atoms with Crippen LogP contribution in [0.3, 0.4) is 0 Å². The van der Waals surface area contributed by atoms with Gasteiger partial charge in [0.2, 0.25) is 5.91 Å². The molecule has 27 heavy (non-hydrogen) atoms. The van der Waals surface area contributed by atoms with Crippen LogP contribution in [0.2, 0.25) is 0 Å². The molecule has 0 saturated carbocycles. The molecule has 2 aromatic heterocycles. The first-order valence-electron chi connectivity index (χ1n) is 8.88. The molecule has 1 aliphatic rings. The van der Waals surface area contributed by atoms with Gasteiger partial charge in [0.1, 0.15) is 11.5 Å². The maximum atomic E-state index is 12.6. The van der Waals surface area contributed by atoms with Crippen LogP contribution < -0.4 is 0 Å². The van der Waals surface area contributed by atoms with Crippen molar-refractivity contribution in [3.8, 4) is 0 Å². The lowest BCUT2D eigenvalue weighted by atomic mass is 10.1. The third-order valence-corrected chi connectivity index (χ3v) is 4.72. The molecule has 3 heterocycles. The number of carbonyl (C=O) groups excluding carboxylic acids is 2. The molecule has 1 N–H and O–H groups in total.